The molecule has 1 heterocycles. The predicted molar refractivity (Wildman–Crippen MR) is 57.8 cm³/mol. The van der Waals surface area contributed by atoms with Crippen molar-refractivity contribution in [3.63, 3.8) is 0 Å². The van der Waals surface area contributed by atoms with Gasteiger partial charge in [-0.25, -0.2) is 0 Å². The molecular weight excluding hydrogens is 192 g/mol. The minimum atomic E-state index is 0.0160. The average molecular weight is 204 g/mol. The van der Waals surface area contributed by atoms with Crippen LogP contribution in [0.3, 0.4) is 0 Å². The number of nitrogens with zero attached hydrogens (tertiary/aromatic N) is 4. The first kappa shape index (κ1) is 11.2. The maximum absolute atomic E-state index is 8.90. The van der Waals surface area contributed by atoms with E-state index in [0.29, 0.717) is 13.0 Å². The molecule has 1 aromatic heterocycles. The van der Waals surface area contributed by atoms with Gasteiger partial charge in [0.25, 0.3) is 0 Å². The number of rotatable bonds is 5. The lowest BCUT2D eigenvalue weighted by atomic mass is 10.2. The molecule has 0 spiro atoms. The molecule has 78 valence electrons. The summed E-state index contributed by atoms with van der Waals surface area (Å²) in [6.07, 6.45) is 6.07. The van der Waals surface area contributed by atoms with Gasteiger partial charge in [0, 0.05) is 17.7 Å². The van der Waals surface area contributed by atoms with E-state index in [1.807, 2.05) is 18.2 Å². The normalized spacial score (nSPS) is 10.2. The van der Waals surface area contributed by atoms with Gasteiger partial charge in [-0.05, 0) is 35.7 Å². The van der Waals surface area contributed by atoms with Crippen molar-refractivity contribution in [2.45, 2.75) is 13.0 Å². The highest BCUT2D eigenvalue weighted by Crippen LogP contribution is 2.04. The highest BCUT2D eigenvalue weighted by molar-refractivity contribution is 5.45. The number of pyridine rings is 1. The SMILES string of the molecule is [N-]=[N+]=NCCC=Cc1cc(CO)ccn1. The van der Waals surface area contributed by atoms with Crippen molar-refractivity contribution in [1.82, 2.24) is 4.98 Å². The van der Waals surface area contributed by atoms with Gasteiger partial charge in [0.2, 0.25) is 0 Å². The van der Waals surface area contributed by atoms with Crippen LogP contribution in [0.1, 0.15) is 17.7 Å². The molecule has 1 aromatic rings. The van der Waals surface area contributed by atoms with Gasteiger partial charge in [-0.1, -0.05) is 11.2 Å². The van der Waals surface area contributed by atoms with Crippen LogP contribution in [0.25, 0.3) is 16.5 Å². The maximum Gasteiger partial charge on any atom is 0.0683 e. The summed E-state index contributed by atoms with van der Waals surface area (Å²) in [5.41, 5.74) is 9.67. The van der Waals surface area contributed by atoms with E-state index in [1.165, 1.54) is 0 Å². The molecule has 0 unspecified atom stereocenters. The van der Waals surface area contributed by atoms with Crippen LogP contribution in [-0.2, 0) is 6.61 Å². The molecule has 0 radical (unpaired) electrons. The average Bonchev–Trinajstić information content (AvgIpc) is 2.29. The second-order valence-electron chi connectivity index (χ2n) is 2.89. The van der Waals surface area contributed by atoms with Gasteiger partial charge in [0.05, 0.1) is 12.3 Å². The summed E-state index contributed by atoms with van der Waals surface area (Å²) in [6, 6.07) is 3.57. The summed E-state index contributed by atoms with van der Waals surface area (Å²) in [5.74, 6) is 0. The number of aromatic nitrogens is 1. The minimum Gasteiger partial charge on any atom is -0.392 e. The summed E-state index contributed by atoms with van der Waals surface area (Å²) in [4.78, 5) is 6.75. The van der Waals surface area contributed by atoms with E-state index < -0.39 is 0 Å². The van der Waals surface area contributed by atoms with Crippen molar-refractivity contribution in [1.29, 1.82) is 0 Å². The molecule has 1 rings (SSSR count). The molecule has 0 amide bonds. The van der Waals surface area contributed by atoms with E-state index >= 15 is 0 Å². The van der Waals surface area contributed by atoms with Crippen LogP contribution >= 0.6 is 0 Å². The van der Waals surface area contributed by atoms with Crippen LogP contribution in [0, 0.1) is 0 Å². The van der Waals surface area contributed by atoms with Crippen LogP contribution in [-0.4, -0.2) is 16.6 Å². The Labute approximate surface area is 87.7 Å². The number of hydrogen-bond donors (Lipinski definition) is 1. The standard InChI is InChI=1S/C10H12N4O/c11-14-13-5-2-1-3-10-7-9(8-15)4-6-12-10/h1,3-4,6-7,15H,2,5,8H2. The zero-order valence-electron chi connectivity index (χ0n) is 8.24. The summed E-state index contributed by atoms with van der Waals surface area (Å²) < 4.78 is 0. The molecule has 0 aliphatic rings. The Hall–Kier alpha value is -1.84. The van der Waals surface area contributed by atoms with Gasteiger partial charge >= 0.3 is 0 Å². The number of aliphatic hydroxyl groups excluding tert-OH is 1. The zero-order chi connectivity index (χ0) is 10.9. The molecule has 0 saturated heterocycles. The van der Waals surface area contributed by atoms with Crippen molar-refractivity contribution < 1.29 is 5.11 Å². The molecule has 0 saturated carbocycles. The van der Waals surface area contributed by atoms with Gasteiger partial charge < -0.3 is 5.11 Å². The highest BCUT2D eigenvalue weighted by Gasteiger charge is 1.91. The quantitative estimate of drug-likeness (QED) is 0.345. The van der Waals surface area contributed by atoms with Gasteiger partial charge in [0.15, 0.2) is 0 Å². The third kappa shape index (κ3) is 4.26. The zero-order valence-corrected chi connectivity index (χ0v) is 8.24. The number of aliphatic hydroxyl groups is 1. The molecule has 0 fully saturated rings. The molecule has 5 nitrogen and oxygen atoms in total. The molecule has 0 bridgehead atoms. The first-order valence-electron chi connectivity index (χ1n) is 4.60. The Morgan fingerprint density at radius 3 is 3.20 bits per heavy atom. The van der Waals surface area contributed by atoms with Crippen LogP contribution in [0.2, 0.25) is 0 Å². The Balaban J connectivity index is 2.52. The first-order chi connectivity index (χ1) is 7.36. The fraction of sp³-hybridized carbons (Fsp3) is 0.300. The van der Waals surface area contributed by atoms with Gasteiger partial charge in [-0.15, -0.1) is 0 Å². The monoisotopic (exact) mass is 204 g/mol. The van der Waals surface area contributed by atoms with Crippen LogP contribution in [0.15, 0.2) is 29.5 Å². The van der Waals surface area contributed by atoms with E-state index in [0.717, 1.165) is 11.3 Å². The lowest BCUT2D eigenvalue weighted by Gasteiger charge is -1.96. The predicted octanol–water partition coefficient (Wildman–Crippen LogP) is 2.29. The Morgan fingerprint density at radius 1 is 1.60 bits per heavy atom. The smallest absolute Gasteiger partial charge is 0.0683 e. The molecule has 15 heavy (non-hydrogen) atoms. The molecule has 0 atom stereocenters. The van der Waals surface area contributed by atoms with Gasteiger partial charge in [-0.3, -0.25) is 4.98 Å². The molecular formula is C10H12N4O. The number of hydrogen-bond acceptors (Lipinski definition) is 3. The Morgan fingerprint density at radius 2 is 2.47 bits per heavy atom. The molecule has 0 aliphatic heterocycles. The summed E-state index contributed by atoms with van der Waals surface area (Å²) in [7, 11) is 0. The van der Waals surface area contributed by atoms with Gasteiger partial charge in [-0.2, -0.15) is 0 Å². The molecule has 0 aliphatic carbocycles. The van der Waals surface area contributed by atoms with Crippen molar-refractivity contribution in [2.24, 2.45) is 5.11 Å². The first-order valence-corrected chi connectivity index (χ1v) is 4.60. The van der Waals surface area contributed by atoms with Crippen molar-refractivity contribution >= 4 is 6.08 Å². The van der Waals surface area contributed by atoms with Crippen LogP contribution in [0.4, 0.5) is 0 Å². The number of azide groups is 1. The van der Waals surface area contributed by atoms with Crippen molar-refractivity contribution in [3.05, 3.63) is 46.1 Å². The topological polar surface area (TPSA) is 81.9 Å². The van der Waals surface area contributed by atoms with Crippen LogP contribution in [0.5, 0.6) is 0 Å². The van der Waals surface area contributed by atoms with E-state index in [9.17, 15) is 0 Å². The van der Waals surface area contributed by atoms with Crippen molar-refractivity contribution in [2.75, 3.05) is 6.54 Å². The van der Waals surface area contributed by atoms with E-state index in [2.05, 4.69) is 15.0 Å². The van der Waals surface area contributed by atoms with E-state index in [4.69, 9.17) is 10.6 Å². The maximum atomic E-state index is 8.90. The summed E-state index contributed by atoms with van der Waals surface area (Å²) in [5, 5.41) is 12.3. The lowest BCUT2D eigenvalue weighted by Crippen LogP contribution is -1.86. The summed E-state index contributed by atoms with van der Waals surface area (Å²) >= 11 is 0. The van der Waals surface area contributed by atoms with Gasteiger partial charge in [0.1, 0.15) is 0 Å². The Kier molecular flexibility index (Phi) is 4.94. The van der Waals surface area contributed by atoms with Crippen molar-refractivity contribution in [3.8, 4) is 0 Å². The fourth-order valence-electron chi connectivity index (χ4n) is 1.06. The highest BCUT2D eigenvalue weighted by atomic mass is 16.3. The third-order valence-electron chi connectivity index (χ3n) is 1.78. The fourth-order valence-corrected chi connectivity index (χ4v) is 1.06. The molecule has 5 heteroatoms. The molecule has 0 aromatic carbocycles. The lowest BCUT2D eigenvalue weighted by molar-refractivity contribution is 0.281. The molecule has 1 N–H and O–H groups in total. The minimum absolute atomic E-state index is 0.0160. The van der Waals surface area contributed by atoms with Crippen LogP contribution < -0.4 is 0 Å². The summed E-state index contributed by atoms with van der Waals surface area (Å²) in [6.45, 7) is 0.467. The third-order valence-corrected chi connectivity index (χ3v) is 1.78. The van der Waals surface area contributed by atoms with E-state index in [-0.39, 0.29) is 6.61 Å². The van der Waals surface area contributed by atoms with E-state index in [1.54, 1.807) is 12.3 Å². The Bertz CT molecular complexity index is 383. The largest absolute Gasteiger partial charge is 0.392 e. The second-order valence-corrected chi connectivity index (χ2v) is 2.89. The second kappa shape index (κ2) is 6.59.